The van der Waals surface area contributed by atoms with Crippen molar-refractivity contribution < 1.29 is 13.2 Å². The molecule has 1 aromatic carbocycles. The van der Waals surface area contributed by atoms with Crippen molar-refractivity contribution in [1.82, 2.24) is 0 Å². The zero-order valence-electron chi connectivity index (χ0n) is 8.39. The van der Waals surface area contributed by atoms with Gasteiger partial charge in [-0.05, 0) is 24.1 Å². The number of halogens is 3. The molecule has 82 valence electrons. The summed E-state index contributed by atoms with van der Waals surface area (Å²) in [7, 11) is 0. The van der Waals surface area contributed by atoms with Crippen molar-refractivity contribution in [3.05, 3.63) is 34.4 Å². The second kappa shape index (κ2) is 4.24. The number of benzene rings is 1. The summed E-state index contributed by atoms with van der Waals surface area (Å²) in [6.45, 7) is 1.28. The van der Waals surface area contributed by atoms with Gasteiger partial charge in [0.2, 0.25) is 0 Å². The molecule has 1 aromatic rings. The summed E-state index contributed by atoms with van der Waals surface area (Å²) in [4.78, 5) is 0. The lowest BCUT2D eigenvalue weighted by Crippen LogP contribution is -2.11. The SMILES string of the molecule is Cc1cc(CC#N)cc(C#N)c1C(F)(F)F. The van der Waals surface area contributed by atoms with Crippen molar-refractivity contribution in [3.8, 4) is 12.1 Å². The van der Waals surface area contributed by atoms with Gasteiger partial charge in [-0.25, -0.2) is 0 Å². The second-order valence-corrected chi connectivity index (χ2v) is 3.28. The van der Waals surface area contributed by atoms with Gasteiger partial charge >= 0.3 is 6.18 Å². The molecule has 2 nitrogen and oxygen atoms in total. The summed E-state index contributed by atoms with van der Waals surface area (Å²) in [5.74, 6) is 0. The fourth-order valence-corrected chi connectivity index (χ4v) is 1.52. The third kappa shape index (κ3) is 2.32. The number of nitriles is 2. The molecule has 0 radical (unpaired) electrons. The fourth-order valence-electron chi connectivity index (χ4n) is 1.52. The molecule has 0 atom stereocenters. The van der Waals surface area contributed by atoms with Crippen LogP contribution >= 0.6 is 0 Å². The molecule has 0 aliphatic carbocycles. The first kappa shape index (κ1) is 12.1. The summed E-state index contributed by atoms with van der Waals surface area (Å²) < 4.78 is 37.8. The van der Waals surface area contributed by atoms with E-state index in [0.717, 1.165) is 6.07 Å². The van der Waals surface area contributed by atoms with E-state index in [2.05, 4.69) is 0 Å². The molecule has 0 saturated carbocycles. The zero-order valence-corrected chi connectivity index (χ0v) is 8.39. The van der Waals surface area contributed by atoms with Crippen molar-refractivity contribution >= 4 is 0 Å². The third-order valence-electron chi connectivity index (χ3n) is 2.08. The van der Waals surface area contributed by atoms with E-state index in [0.29, 0.717) is 5.56 Å². The maximum absolute atomic E-state index is 12.6. The average Bonchev–Trinajstić information content (AvgIpc) is 2.15. The monoisotopic (exact) mass is 224 g/mol. The Balaban J connectivity index is 3.44. The lowest BCUT2D eigenvalue weighted by molar-refractivity contribution is -0.138. The van der Waals surface area contributed by atoms with E-state index in [1.165, 1.54) is 19.1 Å². The quantitative estimate of drug-likeness (QED) is 0.736. The minimum Gasteiger partial charge on any atom is -0.198 e. The average molecular weight is 224 g/mol. The van der Waals surface area contributed by atoms with Crippen molar-refractivity contribution in [2.75, 3.05) is 0 Å². The first-order valence-corrected chi connectivity index (χ1v) is 4.38. The highest BCUT2D eigenvalue weighted by molar-refractivity contribution is 5.47. The molecular formula is C11H7F3N2. The largest absolute Gasteiger partial charge is 0.417 e. The number of aryl methyl sites for hydroxylation is 1. The number of hydrogen-bond acceptors (Lipinski definition) is 2. The lowest BCUT2D eigenvalue weighted by atomic mass is 9.97. The highest BCUT2D eigenvalue weighted by atomic mass is 19.4. The molecule has 0 bridgehead atoms. The first-order valence-electron chi connectivity index (χ1n) is 4.38. The smallest absolute Gasteiger partial charge is 0.198 e. The maximum Gasteiger partial charge on any atom is 0.417 e. The number of hydrogen-bond donors (Lipinski definition) is 0. The predicted octanol–water partition coefficient (Wildman–Crippen LogP) is 2.95. The molecule has 0 aliphatic heterocycles. The fraction of sp³-hybridized carbons (Fsp3) is 0.273. The molecule has 0 amide bonds. The van der Waals surface area contributed by atoms with Crippen LogP contribution in [0.4, 0.5) is 13.2 Å². The Kier molecular flexibility index (Phi) is 3.20. The molecule has 0 aromatic heterocycles. The van der Waals surface area contributed by atoms with Crippen molar-refractivity contribution in [2.24, 2.45) is 0 Å². The van der Waals surface area contributed by atoms with Gasteiger partial charge in [-0.1, -0.05) is 6.07 Å². The van der Waals surface area contributed by atoms with Gasteiger partial charge in [-0.3, -0.25) is 0 Å². The van der Waals surface area contributed by atoms with E-state index in [4.69, 9.17) is 10.5 Å². The summed E-state index contributed by atoms with van der Waals surface area (Å²) >= 11 is 0. The van der Waals surface area contributed by atoms with Crippen LogP contribution in [0.1, 0.15) is 22.3 Å². The van der Waals surface area contributed by atoms with E-state index in [1.54, 1.807) is 0 Å². The summed E-state index contributed by atoms with van der Waals surface area (Å²) in [5.41, 5.74) is -0.962. The Morgan fingerprint density at radius 3 is 2.31 bits per heavy atom. The third-order valence-corrected chi connectivity index (χ3v) is 2.08. The van der Waals surface area contributed by atoms with Gasteiger partial charge in [0, 0.05) is 0 Å². The minimum atomic E-state index is -4.54. The van der Waals surface area contributed by atoms with Gasteiger partial charge in [0.25, 0.3) is 0 Å². The first-order chi connectivity index (χ1) is 7.40. The van der Waals surface area contributed by atoms with Crippen LogP contribution in [0.5, 0.6) is 0 Å². The highest BCUT2D eigenvalue weighted by Crippen LogP contribution is 2.34. The molecule has 16 heavy (non-hydrogen) atoms. The van der Waals surface area contributed by atoms with Gasteiger partial charge in [-0.2, -0.15) is 23.7 Å². The Morgan fingerprint density at radius 1 is 1.25 bits per heavy atom. The van der Waals surface area contributed by atoms with Crippen molar-refractivity contribution in [1.29, 1.82) is 10.5 Å². The normalized spacial score (nSPS) is 10.6. The number of rotatable bonds is 1. The van der Waals surface area contributed by atoms with E-state index < -0.39 is 17.3 Å². The molecule has 0 saturated heterocycles. The van der Waals surface area contributed by atoms with Crippen LogP contribution in [0.25, 0.3) is 0 Å². The van der Waals surface area contributed by atoms with Crippen LogP contribution in [-0.2, 0) is 12.6 Å². The van der Waals surface area contributed by atoms with E-state index in [-0.39, 0.29) is 12.0 Å². The Bertz CT molecular complexity index is 490. The summed E-state index contributed by atoms with van der Waals surface area (Å²) in [6, 6.07) is 5.74. The molecule has 5 heteroatoms. The second-order valence-electron chi connectivity index (χ2n) is 3.28. The van der Waals surface area contributed by atoms with Gasteiger partial charge < -0.3 is 0 Å². The molecule has 1 rings (SSSR count). The molecular weight excluding hydrogens is 217 g/mol. The lowest BCUT2D eigenvalue weighted by Gasteiger charge is -2.12. The molecule has 0 spiro atoms. The highest BCUT2D eigenvalue weighted by Gasteiger charge is 2.35. The van der Waals surface area contributed by atoms with Crippen LogP contribution in [0.2, 0.25) is 0 Å². The summed E-state index contributed by atoms with van der Waals surface area (Å²) in [6.07, 6.45) is -4.55. The minimum absolute atomic E-state index is 0.00629. The topological polar surface area (TPSA) is 47.6 Å². The molecule has 0 N–H and O–H groups in total. The van der Waals surface area contributed by atoms with Gasteiger partial charge in [0.1, 0.15) is 0 Å². The van der Waals surface area contributed by atoms with Crippen LogP contribution in [0.3, 0.4) is 0 Å². The van der Waals surface area contributed by atoms with Crippen LogP contribution in [-0.4, -0.2) is 0 Å². The zero-order chi connectivity index (χ0) is 12.3. The van der Waals surface area contributed by atoms with Gasteiger partial charge in [0.15, 0.2) is 0 Å². The molecule has 0 aliphatic rings. The standard InChI is InChI=1S/C11H7F3N2/c1-7-4-8(2-3-15)5-9(6-16)10(7)11(12,13)14/h4-5H,2H2,1H3. The molecule has 0 fully saturated rings. The van der Waals surface area contributed by atoms with E-state index in [1.807, 2.05) is 6.07 Å². The maximum atomic E-state index is 12.6. The van der Waals surface area contributed by atoms with Crippen molar-refractivity contribution in [3.63, 3.8) is 0 Å². The molecule has 0 unspecified atom stereocenters. The molecule has 0 heterocycles. The van der Waals surface area contributed by atoms with Crippen LogP contribution in [0, 0.1) is 29.6 Å². The Morgan fingerprint density at radius 2 is 1.88 bits per heavy atom. The van der Waals surface area contributed by atoms with E-state index in [9.17, 15) is 13.2 Å². The Hall–Kier alpha value is -2.01. The van der Waals surface area contributed by atoms with Gasteiger partial charge in [0.05, 0.1) is 29.7 Å². The van der Waals surface area contributed by atoms with Crippen LogP contribution in [0.15, 0.2) is 12.1 Å². The number of alkyl halides is 3. The van der Waals surface area contributed by atoms with Gasteiger partial charge in [-0.15, -0.1) is 0 Å². The number of nitrogens with zero attached hydrogens (tertiary/aromatic N) is 2. The van der Waals surface area contributed by atoms with Crippen LogP contribution < -0.4 is 0 Å². The van der Waals surface area contributed by atoms with E-state index >= 15 is 0 Å². The predicted molar refractivity (Wildman–Crippen MR) is 50.2 cm³/mol. The Labute approximate surface area is 90.5 Å². The summed E-state index contributed by atoms with van der Waals surface area (Å²) in [5, 5.41) is 17.1. The van der Waals surface area contributed by atoms with Crippen molar-refractivity contribution in [2.45, 2.75) is 19.5 Å².